The predicted molar refractivity (Wildman–Crippen MR) is 72.4 cm³/mol. The van der Waals surface area contributed by atoms with Gasteiger partial charge in [0, 0.05) is 12.1 Å². The molecule has 1 amide bonds. The van der Waals surface area contributed by atoms with Crippen molar-refractivity contribution in [1.82, 2.24) is 0 Å². The predicted octanol–water partition coefficient (Wildman–Crippen LogP) is 3.78. The third-order valence-electron chi connectivity index (χ3n) is 2.61. The number of hydrogen-bond donors (Lipinski definition) is 1. The van der Waals surface area contributed by atoms with E-state index < -0.39 is 28.2 Å². The lowest BCUT2D eigenvalue weighted by Gasteiger charge is -2.08. The van der Waals surface area contributed by atoms with Gasteiger partial charge in [-0.05, 0) is 18.2 Å². The lowest BCUT2D eigenvalue weighted by atomic mass is 10.1. The van der Waals surface area contributed by atoms with Crippen molar-refractivity contribution >= 4 is 28.9 Å². The minimum atomic E-state index is -0.968. The smallest absolute Gasteiger partial charge is 0.270 e. The number of anilines is 1. The third-order valence-corrected chi connectivity index (χ3v) is 2.94. The molecule has 0 fully saturated rings. The summed E-state index contributed by atoms with van der Waals surface area (Å²) in [5, 5.41) is 12.6. The van der Waals surface area contributed by atoms with Crippen molar-refractivity contribution in [2.75, 3.05) is 5.32 Å². The molecule has 2 rings (SSSR count). The Morgan fingerprint density at radius 2 is 1.81 bits per heavy atom. The van der Waals surface area contributed by atoms with Gasteiger partial charge in [-0.2, -0.15) is 0 Å². The topological polar surface area (TPSA) is 72.2 Å². The van der Waals surface area contributed by atoms with E-state index in [1.165, 1.54) is 0 Å². The number of amides is 1. The first-order chi connectivity index (χ1) is 9.90. The Morgan fingerprint density at radius 1 is 1.19 bits per heavy atom. The largest absolute Gasteiger partial charge is 0.317 e. The van der Waals surface area contributed by atoms with Gasteiger partial charge in [0.15, 0.2) is 0 Å². The van der Waals surface area contributed by atoms with Gasteiger partial charge in [-0.1, -0.05) is 17.7 Å². The number of nitrogens with one attached hydrogen (secondary N) is 1. The van der Waals surface area contributed by atoms with Crippen LogP contribution >= 0.6 is 11.6 Å². The number of rotatable bonds is 3. The van der Waals surface area contributed by atoms with E-state index in [4.69, 9.17) is 11.6 Å². The molecule has 0 aromatic heterocycles. The first kappa shape index (κ1) is 14.9. The molecule has 0 aliphatic carbocycles. The average molecular weight is 313 g/mol. The number of nitro groups is 1. The van der Waals surface area contributed by atoms with E-state index in [2.05, 4.69) is 0 Å². The van der Waals surface area contributed by atoms with E-state index in [0.29, 0.717) is 0 Å². The highest BCUT2D eigenvalue weighted by atomic mass is 35.5. The average Bonchev–Trinajstić information content (AvgIpc) is 2.43. The number of halogens is 3. The molecule has 8 heteroatoms. The molecule has 0 aliphatic heterocycles. The fourth-order valence-electron chi connectivity index (χ4n) is 1.60. The van der Waals surface area contributed by atoms with Crippen LogP contribution in [0.2, 0.25) is 5.02 Å². The summed E-state index contributed by atoms with van der Waals surface area (Å²) in [6.45, 7) is 0. The van der Waals surface area contributed by atoms with Gasteiger partial charge < -0.3 is 5.32 Å². The number of benzene rings is 2. The third kappa shape index (κ3) is 3.14. The van der Waals surface area contributed by atoms with Gasteiger partial charge in [0.1, 0.15) is 17.3 Å². The van der Waals surface area contributed by atoms with Crippen molar-refractivity contribution in [2.45, 2.75) is 0 Å². The second-order valence-corrected chi connectivity index (χ2v) is 4.38. The molecule has 1 N–H and O–H groups in total. The quantitative estimate of drug-likeness (QED) is 0.692. The number of carbonyl (C=O) groups excluding carboxylic acids is 1. The SMILES string of the molecule is O=C(Nc1c(F)cccc1F)c1cc([N+](=O)[O-])ccc1Cl. The normalized spacial score (nSPS) is 10.2. The van der Waals surface area contributed by atoms with E-state index in [9.17, 15) is 23.7 Å². The van der Waals surface area contributed by atoms with Crippen molar-refractivity contribution in [3.63, 3.8) is 0 Å². The summed E-state index contributed by atoms with van der Waals surface area (Å²) in [6.07, 6.45) is 0. The molecule has 0 saturated heterocycles. The maximum absolute atomic E-state index is 13.4. The summed E-state index contributed by atoms with van der Waals surface area (Å²) in [5.41, 5.74) is -1.27. The second kappa shape index (κ2) is 5.84. The fraction of sp³-hybridized carbons (Fsp3) is 0. The Labute approximate surface area is 122 Å². The van der Waals surface area contributed by atoms with E-state index in [1.54, 1.807) is 0 Å². The van der Waals surface area contributed by atoms with Crippen LogP contribution in [0.4, 0.5) is 20.2 Å². The van der Waals surface area contributed by atoms with Gasteiger partial charge in [0.2, 0.25) is 0 Å². The molecule has 0 atom stereocenters. The van der Waals surface area contributed by atoms with Crippen LogP contribution < -0.4 is 5.32 Å². The first-order valence-corrected chi connectivity index (χ1v) is 5.97. The van der Waals surface area contributed by atoms with Crippen molar-refractivity contribution in [3.05, 3.63) is 68.7 Å². The van der Waals surface area contributed by atoms with Gasteiger partial charge in [0.05, 0.1) is 15.5 Å². The fourth-order valence-corrected chi connectivity index (χ4v) is 1.80. The van der Waals surface area contributed by atoms with Crippen molar-refractivity contribution in [3.8, 4) is 0 Å². The minimum absolute atomic E-state index is 0.0742. The van der Waals surface area contributed by atoms with Gasteiger partial charge in [0.25, 0.3) is 11.6 Å². The Bertz CT molecular complexity index is 717. The Morgan fingerprint density at radius 3 is 2.38 bits per heavy atom. The second-order valence-electron chi connectivity index (χ2n) is 3.97. The Kier molecular flexibility index (Phi) is 4.13. The standard InChI is InChI=1S/C13H7ClF2N2O3/c14-9-5-4-7(18(20)21)6-8(9)13(19)17-12-10(15)2-1-3-11(12)16/h1-6H,(H,17,19). The molecule has 21 heavy (non-hydrogen) atoms. The number of hydrogen-bond acceptors (Lipinski definition) is 3. The summed E-state index contributed by atoms with van der Waals surface area (Å²) in [6, 6.07) is 6.27. The Balaban J connectivity index is 2.37. The van der Waals surface area contributed by atoms with Crippen molar-refractivity contribution < 1.29 is 18.5 Å². The molecule has 108 valence electrons. The number of nitro benzene ring substituents is 1. The number of para-hydroxylation sites is 1. The zero-order valence-electron chi connectivity index (χ0n) is 10.3. The summed E-state index contributed by atoms with van der Waals surface area (Å²) in [7, 11) is 0. The number of carbonyl (C=O) groups is 1. The molecule has 0 spiro atoms. The van der Waals surface area contributed by atoms with Crippen LogP contribution in [0.5, 0.6) is 0 Å². The number of non-ortho nitro benzene ring substituents is 1. The lowest BCUT2D eigenvalue weighted by Crippen LogP contribution is -2.15. The van der Waals surface area contributed by atoms with Crippen molar-refractivity contribution in [2.24, 2.45) is 0 Å². The molecule has 0 radical (unpaired) electrons. The van der Waals surface area contributed by atoms with Crippen LogP contribution in [0.15, 0.2) is 36.4 Å². The van der Waals surface area contributed by atoms with E-state index in [0.717, 1.165) is 36.4 Å². The summed E-state index contributed by atoms with van der Waals surface area (Å²) >= 11 is 5.77. The van der Waals surface area contributed by atoms with E-state index in [-0.39, 0.29) is 16.3 Å². The number of nitrogens with zero attached hydrogens (tertiary/aromatic N) is 1. The zero-order chi connectivity index (χ0) is 15.6. The van der Waals surface area contributed by atoms with Crippen LogP contribution in [-0.4, -0.2) is 10.8 Å². The van der Waals surface area contributed by atoms with E-state index >= 15 is 0 Å². The molecule has 2 aromatic carbocycles. The van der Waals surface area contributed by atoms with Crippen LogP contribution in [0.3, 0.4) is 0 Å². The van der Waals surface area contributed by atoms with E-state index in [1.807, 2.05) is 5.32 Å². The van der Waals surface area contributed by atoms with Gasteiger partial charge in [-0.3, -0.25) is 14.9 Å². The van der Waals surface area contributed by atoms with Gasteiger partial charge >= 0.3 is 0 Å². The zero-order valence-corrected chi connectivity index (χ0v) is 11.0. The molecule has 0 bridgehead atoms. The highest BCUT2D eigenvalue weighted by molar-refractivity contribution is 6.34. The molecule has 5 nitrogen and oxygen atoms in total. The molecule has 0 unspecified atom stereocenters. The lowest BCUT2D eigenvalue weighted by molar-refractivity contribution is -0.384. The van der Waals surface area contributed by atoms with Gasteiger partial charge in [-0.25, -0.2) is 8.78 Å². The molecule has 0 heterocycles. The molecule has 2 aromatic rings. The van der Waals surface area contributed by atoms with Gasteiger partial charge in [-0.15, -0.1) is 0 Å². The highest BCUT2D eigenvalue weighted by Crippen LogP contribution is 2.24. The monoisotopic (exact) mass is 312 g/mol. The van der Waals surface area contributed by atoms with Crippen LogP contribution in [0.25, 0.3) is 0 Å². The Hall–Kier alpha value is -2.54. The van der Waals surface area contributed by atoms with Crippen LogP contribution in [-0.2, 0) is 0 Å². The summed E-state index contributed by atoms with van der Waals surface area (Å²) in [5.74, 6) is -2.89. The minimum Gasteiger partial charge on any atom is -0.317 e. The molecular weight excluding hydrogens is 306 g/mol. The maximum Gasteiger partial charge on any atom is 0.270 e. The molecular formula is C13H7ClF2N2O3. The molecule has 0 aliphatic rings. The van der Waals surface area contributed by atoms with Crippen LogP contribution in [0.1, 0.15) is 10.4 Å². The summed E-state index contributed by atoms with van der Waals surface area (Å²) in [4.78, 5) is 21.9. The summed E-state index contributed by atoms with van der Waals surface area (Å²) < 4.78 is 26.9. The van der Waals surface area contributed by atoms with Crippen LogP contribution in [0, 0.1) is 21.7 Å². The highest BCUT2D eigenvalue weighted by Gasteiger charge is 2.18. The molecule has 0 saturated carbocycles. The van der Waals surface area contributed by atoms with Crippen molar-refractivity contribution in [1.29, 1.82) is 0 Å². The first-order valence-electron chi connectivity index (χ1n) is 5.59. The maximum atomic E-state index is 13.4.